The number of nitrogens with zero attached hydrogens (tertiary/aromatic N) is 2. The Balaban J connectivity index is 0.00000180. The average Bonchev–Trinajstić information content (AvgIpc) is 2.73. The second-order valence-corrected chi connectivity index (χ2v) is 5.72. The van der Waals surface area contributed by atoms with Crippen LogP contribution in [0.3, 0.4) is 0 Å². The van der Waals surface area contributed by atoms with Gasteiger partial charge in [-0.3, -0.25) is 4.72 Å². The second kappa shape index (κ2) is 7.32. The Morgan fingerprint density at radius 1 is 1.16 bits per heavy atom. The molecule has 0 spiro atoms. The summed E-state index contributed by atoms with van der Waals surface area (Å²) >= 11 is 1.07. The normalized spacial score (nSPS) is 10.8. The number of aryl methyl sites for hydroxylation is 2. The first-order valence-electron chi connectivity index (χ1n) is 5.13. The van der Waals surface area contributed by atoms with Gasteiger partial charge in [-0.1, -0.05) is 41.7 Å². The average molecular weight is 307 g/mol. The minimum Gasteiger partial charge on any atom is -0.731 e. The summed E-state index contributed by atoms with van der Waals surface area (Å²) in [6.07, 6.45) is 1.45. The zero-order valence-corrected chi connectivity index (χ0v) is 13.9. The zero-order valence-electron chi connectivity index (χ0n) is 10.2. The van der Waals surface area contributed by atoms with Crippen LogP contribution >= 0.6 is 11.3 Å². The van der Waals surface area contributed by atoms with E-state index in [2.05, 4.69) is 10.2 Å². The van der Waals surface area contributed by atoms with Crippen LogP contribution in [0.4, 0.5) is 5.13 Å². The number of rotatable bonds is 5. The Bertz CT molecular complexity index is 616. The maximum atomic E-state index is 10.5. The van der Waals surface area contributed by atoms with Gasteiger partial charge in [0, 0.05) is 6.42 Å². The Kier molecular flexibility index (Phi) is 6.37. The number of anilines is 1. The summed E-state index contributed by atoms with van der Waals surface area (Å²) in [5.74, 6) is 0. The fourth-order valence-electron chi connectivity index (χ4n) is 1.40. The fraction of sp³-hybridized carbons (Fsp3) is 0.200. The van der Waals surface area contributed by atoms with Gasteiger partial charge in [0.15, 0.2) is 10.3 Å². The summed E-state index contributed by atoms with van der Waals surface area (Å²) in [5.41, 5.74) is 1.17. The van der Waals surface area contributed by atoms with Crippen molar-refractivity contribution in [3.63, 3.8) is 0 Å². The molecule has 0 fully saturated rings. The van der Waals surface area contributed by atoms with E-state index in [-0.39, 0.29) is 34.7 Å². The van der Waals surface area contributed by atoms with E-state index in [1.54, 1.807) is 4.72 Å². The predicted molar refractivity (Wildman–Crippen MR) is 67.1 cm³/mol. The molecule has 0 atom stereocenters. The molecule has 0 bridgehead atoms. The van der Waals surface area contributed by atoms with Gasteiger partial charge < -0.3 is 4.55 Å². The van der Waals surface area contributed by atoms with Gasteiger partial charge in [0.05, 0.1) is 0 Å². The van der Waals surface area contributed by atoms with Gasteiger partial charge in [-0.2, -0.15) is 0 Å². The summed E-state index contributed by atoms with van der Waals surface area (Å²) < 4.78 is 33.1. The van der Waals surface area contributed by atoms with Crippen LogP contribution in [0.15, 0.2) is 30.3 Å². The molecule has 0 aliphatic rings. The van der Waals surface area contributed by atoms with E-state index in [1.165, 1.54) is 5.56 Å². The monoisotopic (exact) mass is 307 g/mol. The smallest absolute Gasteiger partial charge is 0.731 e. The van der Waals surface area contributed by atoms with E-state index in [0.717, 1.165) is 17.8 Å². The topological polar surface area (TPSA) is 95.0 Å². The molecule has 0 unspecified atom stereocenters. The Labute approximate surface area is 137 Å². The fourth-order valence-corrected chi connectivity index (χ4v) is 2.72. The quantitative estimate of drug-likeness (QED) is 0.519. The van der Waals surface area contributed by atoms with E-state index in [0.29, 0.717) is 11.4 Å². The minimum atomic E-state index is -4.52. The van der Waals surface area contributed by atoms with Gasteiger partial charge in [-0.25, -0.2) is 8.42 Å². The molecule has 0 radical (unpaired) electrons. The molecule has 0 amide bonds. The number of hydrogen-bond acceptors (Lipinski definition) is 6. The van der Waals surface area contributed by atoms with Crippen molar-refractivity contribution in [2.45, 2.75) is 12.8 Å². The standard InChI is InChI=1S/C10H11N3O3S2.Na/c14-18(15,16)13-10-12-11-9(17-10)7-6-8-4-2-1-3-5-8;/h1-5H,6-7H2,(H,12,13)(H,14,15,16);/q;+1/p-1. The minimum absolute atomic E-state index is 0. The van der Waals surface area contributed by atoms with Crippen molar-refractivity contribution in [1.29, 1.82) is 0 Å². The van der Waals surface area contributed by atoms with Gasteiger partial charge in [0.25, 0.3) is 0 Å². The van der Waals surface area contributed by atoms with Crippen LogP contribution in [0.5, 0.6) is 0 Å². The molecule has 19 heavy (non-hydrogen) atoms. The van der Waals surface area contributed by atoms with Crippen molar-refractivity contribution < 1.29 is 42.5 Å². The first-order valence-corrected chi connectivity index (χ1v) is 7.35. The molecule has 9 heteroatoms. The van der Waals surface area contributed by atoms with Crippen molar-refractivity contribution in [2.75, 3.05) is 4.72 Å². The van der Waals surface area contributed by atoms with Crippen LogP contribution in [0.1, 0.15) is 10.6 Å². The molecular weight excluding hydrogens is 297 g/mol. The number of nitrogens with one attached hydrogen (secondary N) is 1. The maximum absolute atomic E-state index is 10.5. The number of aromatic nitrogens is 2. The van der Waals surface area contributed by atoms with Crippen molar-refractivity contribution in [2.24, 2.45) is 0 Å². The molecule has 2 rings (SSSR count). The van der Waals surface area contributed by atoms with E-state index in [1.807, 2.05) is 30.3 Å². The predicted octanol–water partition coefficient (Wildman–Crippen LogP) is -1.80. The van der Waals surface area contributed by atoms with Crippen LogP contribution in [-0.4, -0.2) is 23.2 Å². The van der Waals surface area contributed by atoms with Gasteiger partial charge in [0.2, 0.25) is 5.13 Å². The Morgan fingerprint density at radius 2 is 1.84 bits per heavy atom. The third kappa shape index (κ3) is 5.98. The summed E-state index contributed by atoms with van der Waals surface area (Å²) in [4.78, 5) is 0. The van der Waals surface area contributed by atoms with Gasteiger partial charge in [-0.15, -0.1) is 10.2 Å². The summed E-state index contributed by atoms with van der Waals surface area (Å²) in [6.45, 7) is 0. The SMILES string of the molecule is O=S(=O)([O-])Nc1nnc(CCc2ccccc2)s1.[Na+]. The molecule has 1 N–H and O–H groups in total. The van der Waals surface area contributed by atoms with Crippen LogP contribution in [-0.2, 0) is 23.1 Å². The van der Waals surface area contributed by atoms with Crippen LogP contribution in [0.25, 0.3) is 0 Å². The third-order valence-electron chi connectivity index (χ3n) is 2.15. The molecule has 0 saturated heterocycles. The molecule has 1 aromatic heterocycles. The zero-order chi connectivity index (χ0) is 13.0. The Hall–Kier alpha value is -0.510. The van der Waals surface area contributed by atoms with Crippen molar-refractivity contribution in [1.82, 2.24) is 10.2 Å². The largest absolute Gasteiger partial charge is 1.00 e. The van der Waals surface area contributed by atoms with Crippen molar-refractivity contribution in [3.05, 3.63) is 40.9 Å². The summed E-state index contributed by atoms with van der Waals surface area (Å²) in [6, 6.07) is 9.85. The third-order valence-corrected chi connectivity index (χ3v) is 3.62. The van der Waals surface area contributed by atoms with Crippen LogP contribution in [0.2, 0.25) is 0 Å². The van der Waals surface area contributed by atoms with Gasteiger partial charge in [0.1, 0.15) is 5.01 Å². The maximum Gasteiger partial charge on any atom is 1.00 e. The summed E-state index contributed by atoms with van der Waals surface area (Å²) in [7, 11) is -4.52. The number of benzene rings is 1. The molecule has 1 heterocycles. The Morgan fingerprint density at radius 3 is 2.47 bits per heavy atom. The number of hydrogen-bond donors (Lipinski definition) is 1. The van der Waals surface area contributed by atoms with E-state index in [4.69, 9.17) is 0 Å². The molecule has 2 aromatic rings. The summed E-state index contributed by atoms with van der Waals surface area (Å²) in [5, 5.41) is 8.10. The second-order valence-electron chi connectivity index (χ2n) is 3.54. The van der Waals surface area contributed by atoms with Crippen LogP contribution < -0.4 is 34.3 Å². The molecular formula is C10H10N3NaO3S2. The van der Waals surface area contributed by atoms with Gasteiger partial charge in [-0.05, 0) is 12.0 Å². The van der Waals surface area contributed by atoms with Gasteiger partial charge >= 0.3 is 29.6 Å². The van der Waals surface area contributed by atoms with Crippen molar-refractivity contribution in [3.8, 4) is 0 Å². The van der Waals surface area contributed by atoms with E-state index in [9.17, 15) is 13.0 Å². The van der Waals surface area contributed by atoms with E-state index < -0.39 is 10.3 Å². The molecule has 1 aromatic carbocycles. The molecule has 6 nitrogen and oxygen atoms in total. The van der Waals surface area contributed by atoms with E-state index >= 15 is 0 Å². The van der Waals surface area contributed by atoms with Crippen LogP contribution in [0, 0.1) is 0 Å². The molecule has 0 saturated carbocycles. The first kappa shape index (κ1) is 16.5. The van der Waals surface area contributed by atoms with Crippen molar-refractivity contribution >= 4 is 26.8 Å². The molecule has 96 valence electrons. The first-order chi connectivity index (χ1) is 8.53. The molecule has 0 aliphatic carbocycles. The molecule has 0 aliphatic heterocycles.